The van der Waals surface area contributed by atoms with E-state index in [1.165, 1.54) is 0 Å². The number of nitro groups is 1. The summed E-state index contributed by atoms with van der Waals surface area (Å²) in [5.74, 6) is -3.89. The van der Waals surface area contributed by atoms with Crippen molar-refractivity contribution >= 4 is 11.7 Å². The van der Waals surface area contributed by atoms with Gasteiger partial charge in [-0.2, -0.15) is 0 Å². The molecule has 0 bridgehead atoms. The number of nitrogens with zero attached hydrogens (tertiary/aromatic N) is 2. The summed E-state index contributed by atoms with van der Waals surface area (Å²) in [7, 11) is 0.855. The van der Waals surface area contributed by atoms with Crippen molar-refractivity contribution < 1.29 is 37.5 Å². The second-order valence-electron chi connectivity index (χ2n) is 2.96. The van der Waals surface area contributed by atoms with Gasteiger partial charge in [0, 0.05) is 0 Å². The number of alkyl halides is 3. The quantitative estimate of drug-likeness (QED) is 0.659. The van der Waals surface area contributed by atoms with E-state index in [2.05, 4.69) is 14.5 Å². The molecule has 8 nitrogen and oxygen atoms in total. The Hall–Kier alpha value is -2.59. The highest BCUT2D eigenvalue weighted by molar-refractivity contribution is 5.91. The maximum atomic E-state index is 12.0. The van der Waals surface area contributed by atoms with Crippen molar-refractivity contribution in [1.29, 1.82) is 0 Å². The van der Waals surface area contributed by atoms with Crippen molar-refractivity contribution in [3.8, 4) is 11.5 Å². The number of halogens is 3. The number of aromatic nitrogens is 1. The maximum Gasteiger partial charge on any atom is 0.573 e. The lowest BCUT2D eigenvalue weighted by atomic mass is 10.2. The molecule has 0 unspecified atom stereocenters. The van der Waals surface area contributed by atoms with Gasteiger partial charge in [0.05, 0.1) is 18.2 Å². The van der Waals surface area contributed by atoms with Crippen LogP contribution in [0.4, 0.5) is 18.9 Å². The van der Waals surface area contributed by atoms with Crippen LogP contribution in [0.5, 0.6) is 11.5 Å². The second-order valence-corrected chi connectivity index (χ2v) is 2.96. The number of carboxylic acids is 1. The number of carbonyl (C=O) groups is 1. The predicted octanol–water partition coefficient (Wildman–Crippen LogP) is 1.60. The van der Waals surface area contributed by atoms with Gasteiger partial charge in [0.25, 0.3) is 0 Å². The molecule has 0 aliphatic carbocycles. The largest absolute Gasteiger partial charge is 0.573 e. The van der Waals surface area contributed by atoms with Crippen LogP contribution in [0, 0.1) is 10.1 Å². The second kappa shape index (κ2) is 4.96. The number of rotatable bonds is 4. The standard InChI is InChI=1S/C8H5F3N2O6/c1-18-6-4(7(14)15)12-2-3(5(6)13(16)17)19-8(9,10)11/h2H,1H3,(H,14,15). The summed E-state index contributed by atoms with van der Waals surface area (Å²) >= 11 is 0. The number of aromatic carboxylic acids is 1. The summed E-state index contributed by atoms with van der Waals surface area (Å²) < 4.78 is 44.0. The van der Waals surface area contributed by atoms with Gasteiger partial charge in [-0.1, -0.05) is 0 Å². The average molecular weight is 282 g/mol. The van der Waals surface area contributed by atoms with Crippen LogP contribution in [-0.2, 0) is 0 Å². The Bertz CT molecular complexity index is 530. The number of methoxy groups -OCH3 is 1. The molecule has 0 amide bonds. The first-order valence-corrected chi connectivity index (χ1v) is 4.37. The summed E-state index contributed by atoms with van der Waals surface area (Å²) in [5.41, 5.74) is -2.17. The molecular formula is C8H5F3N2O6. The summed E-state index contributed by atoms with van der Waals surface area (Å²) in [6.07, 6.45) is -4.90. The molecule has 0 radical (unpaired) electrons. The lowest BCUT2D eigenvalue weighted by Crippen LogP contribution is -2.19. The van der Waals surface area contributed by atoms with E-state index < -0.39 is 40.1 Å². The van der Waals surface area contributed by atoms with Crippen LogP contribution in [0.3, 0.4) is 0 Å². The van der Waals surface area contributed by atoms with Crippen LogP contribution in [0.2, 0.25) is 0 Å². The van der Waals surface area contributed by atoms with Crippen LogP contribution in [0.15, 0.2) is 6.20 Å². The highest BCUT2D eigenvalue weighted by Crippen LogP contribution is 2.40. The maximum absolute atomic E-state index is 12.0. The van der Waals surface area contributed by atoms with Crippen LogP contribution in [0.25, 0.3) is 0 Å². The zero-order valence-electron chi connectivity index (χ0n) is 9.09. The van der Waals surface area contributed by atoms with Crippen molar-refractivity contribution in [2.75, 3.05) is 7.11 Å². The molecule has 1 heterocycles. The highest BCUT2D eigenvalue weighted by atomic mass is 19.4. The fourth-order valence-corrected chi connectivity index (χ4v) is 1.18. The molecule has 0 fully saturated rings. The molecule has 0 aromatic carbocycles. The van der Waals surface area contributed by atoms with Crippen molar-refractivity contribution in [3.05, 3.63) is 22.0 Å². The van der Waals surface area contributed by atoms with Crippen molar-refractivity contribution in [2.24, 2.45) is 0 Å². The molecule has 0 saturated carbocycles. The van der Waals surface area contributed by atoms with Crippen LogP contribution >= 0.6 is 0 Å². The summed E-state index contributed by atoms with van der Waals surface area (Å²) in [6, 6.07) is 0. The molecule has 0 aliphatic heterocycles. The molecule has 0 saturated heterocycles. The third-order valence-electron chi connectivity index (χ3n) is 1.79. The van der Waals surface area contributed by atoms with Gasteiger partial charge in [0.15, 0.2) is 5.69 Å². The molecule has 11 heteroatoms. The van der Waals surface area contributed by atoms with Crippen LogP contribution in [0.1, 0.15) is 10.5 Å². The number of carboxylic acid groups (broad SMARTS) is 1. The van der Waals surface area contributed by atoms with E-state index in [-0.39, 0.29) is 6.20 Å². The Kier molecular flexibility index (Phi) is 3.77. The van der Waals surface area contributed by atoms with E-state index in [1.54, 1.807) is 0 Å². The summed E-state index contributed by atoms with van der Waals surface area (Å²) in [6.45, 7) is 0. The topological polar surface area (TPSA) is 112 Å². The van der Waals surface area contributed by atoms with E-state index >= 15 is 0 Å². The third-order valence-corrected chi connectivity index (χ3v) is 1.79. The van der Waals surface area contributed by atoms with Gasteiger partial charge in [-0.05, 0) is 0 Å². The molecule has 0 atom stereocenters. The van der Waals surface area contributed by atoms with Crippen LogP contribution < -0.4 is 9.47 Å². The van der Waals surface area contributed by atoms with Gasteiger partial charge in [0.2, 0.25) is 11.5 Å². The number of hydrogen-bond acceptors (Lipinski definition) is 6. The molecule has 1 N–H and O–H groups in total. The average Bonchev–Trinajstić information content (AvgIpc) is 2.25. The van der Waals surface area contributed by atoms with Gasteiger partial charge in [-0.3, -0.25) is 10.1 Å². The van der Waals surface area contributed by atoms with Gasteiger partial charge < -0.3 is 14.6 Å². The molecule has 1 aromatic rings. The first kappa shape index (κ1) is 14.5. The van der Waals surface area contributed by atoms with Gasteiger partial charge in [0.1, 0.15) is 0 Å². The molecule has 0 aliphatic rings. The van der Waals surface area contributed by atoms with E-state index in [4.69, 9.17) is 5.11 Å². The number of pyridine rings is 1. The fourth-order valence-electron chi connectivity index (χ4n) is 1.18. The third kappa shape index (κ3) is 3.20. The first-order valence-electron chi connectivity index (χ1n) is 4.37. The molecule has 1 aromatic heterocycles. The Morgan fingerprint density at radius 1 is 1.53 bits per heavy atom. The monoisotopic (exact) mass is 282 g/mol. The Balaban J connectivity index is 3.50. The summed E-state index contributed by atoms with van der Waals surface area (Å²) in [4.78, 5) is 23.3. The molecule has 104 valence electrons. The zero-order valence-corrected chi connectivity index (χ0v) is 9.09. The van der Waals surface area contributed by atoms with E-state index in [9.17, 15) is 28.1 Å². The lowest BCUT2D eigenvalue weighted by Gasteiger charge is -2.11. The minimum atomic E-state index is -5.19. The minimum Gasteiger partial charge on any atom is -0.488 e. The Labute approximate surface area is 102 Å². The van der Waals surface area contributed by atoms with E-state index in [0.29, 0.717) is 0 Å². The van der Waals surface area contributed by atoms with Gasteiger partial charge in [-0.15, -0.1) is 13.2 Å². The fraction of sp³-hybridized carbons (Fsp3) is 0.250. The van der Waals surface area contributed by atoms with E-state index in [0.717, 1.165) is 7.11 Å². The Morgan fingerprint density at radius 3 is 2.47 bits per heavy atom. The van der Waals surface area contributed by atoms with Crippen molar-refractivity contribution in [1.82, 2.24) is 4.98 Å². The zero-order chi connectivity index (χ0) is 14.8. The minimum absolute atomic E-state index is 0.289. The van der Waals surface area contributed by atoms with Gasteiger partial charge >= 0.3 is 18.0 Å². The summed E-state index contributed by atoms with van der Waals surface area (Å²) in [5, 5.41) is 19.4. The number of hydrogen-bond donors (Lipinski definition) is 1. The van der Waals surface area contributed by atoms with Crippen molar-refractivity contribution in [2.45, 2.75) is 6.36 Å². The predicted molar refractivity (Wildman–Crippen MR) is 51.1 cm³/mol. The van der Waals surface area contributed by atoms with Gasteiger partial charge in [-0.25, -0.2) is 9.78 Å². The van der Waals surface area contributed by atoms with Crippen molar-refractivity contribution in [3.63, 3.8) is 0 Å². The smallest absolute Gasteiger partial charge is 0.488 e. The first-order chi connectivity index (χ1) is 8.67. The molecule has 19 heavy (non-hydrogen) atoms. The molecule has 1 rings (SSSR count). The molecular weight excluding hydrogens is 277 g/mol. The van der Waals surface area contributed by atoms with Crippen LogP contribution in [-0.4, -0.2) is 34.5 Å². The normalized spacial score (nSPS) is 10.9. The highest BCUT2D eigenvalue weighted by Gasteiger charge is 2.38. The number of ether oxygens (including phenoxy) is 2. The SMILES string of the molecule is COc1c(C(=O)O)ncc(OC(F)(F)F)c1[N+](=O)[O-]. The lowest BCUT2D eigenvalue weighted by molar-refractivity contribution is -0.389. The Morgan fingerprint density at radius 2 is 2.11 bits per heavy atom. The van der Waals surface area contributed by atoms with E-state index in [1.807, 2.05) is 0 Å². The molecule has 0 spiro atoms.